The highest BCUT2D eigenvalue weighted by atomic mass is 35.5. The normalized spacial score (nSPS) is 20.0. The van der Waals surface area contributed by atoms with Crippen LogP contribution in [-0.4, -0.2) is 29.8 Å². The van der Waals surface area contributed by atoms with E-state index >= 15 is 0 Å². The summed E-state index contributed by atoms with van der Waals surface area (Å²) in [6.45, 7) is 1.75. The van der Waals surface area contributed by atoms with Gasteiger partial charge in [-0.2, -0.15) is 0 Å². The minimum atomic E-state index is -0.102. The van der Waals surface area contributed by atoms with Gasteiger partial charge in [-0.15, -0.1) is 0 Å². The Kier molecular flexibility index (Phi) is 3.54. The lowest BCUT2D eigenvalue weighted by Gasteiger charge is -2.24. The number of benzene rings is 2. The zero-order valence-electron chi connectivity index (χ0n) is 12.6. The molecule has 0 saturated carbocycles. The Balaban J connectivity index is 1.73. The molecular formula is C18H17ClN4. The Morgan fingerprint density at radius 1 is 1.09 bits per heavy atom. The molecule has 2 aromatic rings. The van der Waals surface area contributed by atoms with Gasteiger partial charge in [0, 0.05) is 18.1 Å². The number of fused-ring (bicyclic) bond motifs is 1. The molecule has 2 N–H and O–H groups in total. The summed E-state index contributed by atoms with van der Waals surface area (Å²) in [6.07, 6.45) is 1.02. The first-order valence-corrected chi connectivity index (χ1v) is 8.11. The summed E-state index contributed by atoms with van der Waals surface area (Å²) in [5, 5.41) is 0.735. The predicted octanol–water partition coefficient (Wildman–Crippen LogP) is 3.48. The maximum atomic E-state index is 6.11. The molecule has 0 saturated heterocycles. The van der Waals surface area contributed by atoms with Crippen LogP contribution in [0.1, 0.15) is 18.0 Å². The smallest absolute Gasteiger partial charge is 0.197 e. The van der Waals surface area contributed by atoms with Gasteiger partial charge < -0.3 is 5.73 Å². The van der Waals surface area contributed by atoms with Crippen LogP contribution >= 0.6 is 11.6 Å². The Hall–Kier alpha value is -2.33. The highest BCUT2D eigenvalue weighted by Gasteiger charge is 2.33. The molecule has 0 spiro atoms. The predicted molar refractivity (Wildman–Crippen MR) is 94.9 cm³/mol. The molecule has 23 heavy (non-hydrogen) atoms. The third-order valence-electron chi connectivity index (χ3n) is 4.23. The highest BCUT2D eigenvalue weighted by Crippen LogP contribution is 2.31. The average molecular weight is 325 g/mol. The Morgan fingerprint density at radius 3 is 2.70 bits per heavy atom. The minimum absolute atomic E-state index is 0.102. The van der Waals surface area contributed by atoms with Crippen molar-refractivity contribution in [3.05, 3.63) is 59.1 Å². The molecule has 4 nitrogen and oxygen atoms in total. The van der Waals surface area contributed by atoms with Crippen LogP contribution in [0.15, 0.2) is 58.5 Å². The number of amidine groups is 1. The molecule has 116 valence electrons. The van der Waals surface area contributed by atoms with Crippen LogP contribution in [-0.2, 0) is 0 Å². The average Bonchev–Trinajstić information content (AvgIpc) is 2.93. The van der Waals surface area contributed by atoms with E-state index in [9.17, 15) is 0 Å². The van der Waals surface area contributed by atoms with Crippen LogP contribution in [0.3, 0.4) is 0 Å². The molecule has 2 aliphatic heterocycles. The number of rotatable bonds is 2. The molecule has 5 heteroatoms. The fraction of sp³-hybridized carbons (Fsp3) is 0.222. The fourth-order valence-corrected chi connectivity index (χ4v) is 3.32. The summed E-state index contributed by atoms with van der Waals surface area (Å²) in [5.41, 5.74) is 9.38. The maximum Gasteiger partial charge on any atom is 0.197 e. The molecule has 2 aromatic carbocycles. The van der Waals surface area contributed by atoms with E-state index in [0.29, 0.717) is 5.96 Å². The van der Waals surface area contributed by atoms with Crippen LogP contribution < -0.4 is 5.73 Å². The van der Waals surface area contributed by atoms with Crippen molar-refractivity contribution in [2.75, 3.05) is 13.1 Å². The minimum Gasteiger partial charge on any atom is -0.369 e. The maximum absolute atomic E-state index is 6.11. The van der Waals surface area contributed by atoms with E-state index < -0.39 is 0 Å². The van der Waals surface area contributed by atoms with Crippen LogP contribution in [0.5, 0.6) is 0 Å². The van der Waals surface area contributed by atoms with Gasteiger partial charge >= 0.3 is 0 Å². The lowest BCUT2D eigenvalue weighted by atomic mass is 9.99. The number of nitrogens with zero attached hydrogens (tertiary/aromatic N) is 3. The molecule has 1 atom stereocenters. The van der Waals surface area contributed by atoms with Crippen LogP contribution in [0.25, 0.3) is 11.1 Å². The number of hydrogen-bond donors (Lipinski definition) is 1. The topological polar surface area (TPSA) is 54.0 Å². The molecule has 0 radical (unpaired) electrons. The molecule has 4 rings (SSSR count). The van der Waals surface area contributed by atoms with Gasteiger partial charge in [0.25, 0.3) is 0 Å². The first-order valence-electron chi connectivity index (χ1n) is 7.73. The molecule has 0 aliphatic carbocycles. The van der Waals surface area contributed by atoms with Crippen molar-refractivity contribution in [2.45, 2.75) is 12.5 Å². The number of aliphatic imine (C=N–C) groups is 2. The van der Waals surface area contributed by atoms with Gasteiger partial charge in [-0.05, 0) is 41.3 Å². The molecule has 0 amide bonds. The van der Waals surface area contributed by atoms with Crippen LogP contribution in [0, 0.1) is 0 Å². The number of halogens is 1. The van der Waals surface area contributed by atoms with E-state index in [1.165, 1.54) is 0 Å². The van der Waals surface area contributed by atoms with Crippen molar-refractivity contribution in [3.63, 3.8) is 0 Å². The van der Waals surface area contributed by atoms with E-state index in [0.717, 1.165) is 47.1 Å². The lowest BCUT2D eigenvalue weighted by Crippen LogP contribution is -2.41. The summed E-state index contributed by atoms with van der Waals surface area (Å²) < 4.78 is 0. The van der Waals surface area contributed by atoms with Crippen molar-refractivity contribution in [2.24, 2.45) is 15.7 Å². The highest BCUT2D eigenvalue weighted by molar-refractivity contribution is 6.30. The Morgan fingerprint density at radius 2 is 1.87 bits per heavy atom. The molecule has 2 aliphatic rings. The third-order valence-corrected chi connectivity index (χ3v) is 4.47. The molecule has 0 aromatic heterocycles. The van der Waals surface area contributed by atoms with Gasteiger partial charge in [0.2, 0.25) is 0 Å². The van der Waals surface area contributed by atoms with E-state index in [2.05, 4.69) is 34.3 Å². The monoisotopic (exact) mass is 324 g/mol. The summed E-state index contributed by atoms with van der Waals surface area (Å²) in [5.74, 6) is 1.54. The zero-order valence-corrected chi connectivity index (χ0v) is 13.4. The van der Waals surface area contributed by atoms with Gasteiger partial charge in [-0.25, -0.2) is 4.99 Å². The second-order valence-electron chi connectivity index (χ2n) is 5.77. The summed E-state index contributed by atoms with van der Waals surface area (Å²) in [6, 6.07) is 16.1. The van der Waals surface area contributed by atoms with E-state index in [-0.39, 0.29) is 6.04 Å². The number of nitrogens with two attached hydrogens (primary N) is 1. The summed E-state index contributed by atoms with van der Waals surface area (Å²) in [4.78, 5) is 11.3. The van der Waals surface area contributed by atoms with Crippen molar-refractivity contribution in [3.8, 4) is 11.1 Å². The molecule has 2 heterocycles. The van der Waals surface area contributed by atoms with Crippen molar-refractivity contribution in [1.29, 1.82) is 0 Å². The van der Waals surface area contributed by atoms with Crippen molar-refractivity contribution in [1.82, 2.24) is 4.90 Å². The van der Waals surface area contributed by atoms with Crippen molar-refractivity contribution >= 4 is 23.4 Å². The second-order valence-corrected chi connectivity index (χ2v) is 6.21. The Labute approximate surface area is 140 Å². The Bertz CT molecular complexity index is 812. The summed E-state index contributed by atoms with van der Waals surface area (Å²) in [7, 11) is 0. The standard InChI is InChI=1S/C18H17ClN4/c19-15-7-2-5-13(11-15)12-4-1-6-14(10-12)16-17-21-8-3-9-23(17)18(20)22-16/h1-2,4-7,10-11,16H,3,8-9H2,(H2,20,22). The third kappa shape index (κ3) is 2.59. The quantitative estimate of drug-likeness (QED) is 0.919. The van der Waals surface area contributed by atoms with Crippen LogP contribution in [0.4, 0.5) is 0 Å². The van der Waals surface area contributed by atoms with Crippen LogP contribution in [0.2, 0.25) is 5.02 Å². The molecule has 1 unspecified atom stereocenters. The summed E-state index contributed by atoms with van der Waals surface area (Å²) >= 11 is 6.11. The van der Waals surface area contributed by atoms with E-state index in [4.69, 9.17) is 17.3 Å². The van der Waals surface area contributed by atoms with Gasteiger partial charge in [-0.1, -0.05) is 41.9 Å². The van der Waals surface area contributed by atoms with Gasteiger partial charge in [-0.3, -0.25) is 9.89 Å². The lowest BCUT2D eigenvalue weighted by molar-refractivity contribution is 0.545. The molecular weight excluding hydrogens is 308 g/mol. The first-order chi connectivity index (χ1) is 11.2. The van der Waals surface area contributed by atoms with E-state index in [1.807, 2.05) is 29.2 Å². The number of hydrogen-bond acceptors (Lipinski definition) is 4. The molecule has 0 fully saturated rings. The molecule has 0 bridgehead atoms. The van der Waals surface area contributed by atoms with Gasteiger partial charge in [0.15, 0.2) is 5.96 Å². The van der Waals surface area contributed by atoms with Gasteiger partial charge in [0.05, 0.1) is 0 Å². The van der Waals surface area contributed by atoms with Gasteiger partial charge in [0.1, 0.15) is 11.9 Å². The van der Waals surface area contributed by atoms with Crippen molar-refractivity contribution < 1.29 is 0 Å². The SMILES string of the molecule is NC1=NC(c2cccc(-c3cccc(Cl)c3)c2)C2=NCCCN12. The first kappa shape index (κ1) is 14.3. The zero-order chi connectivity index (χ0) is 15.8. The largest absolute Gasteiger partial charge is 0.369 e. The van der Waals surface area contributed by atoms with E-state index in [1.54, 1.807) is 0 Å². The number of guanidine groups is 1. The fourth-order valence-electron chi connectivity index (χ4n) is 3.13. The second kappa shape index (κ2) is 5.70.